The molecule has 2 unspecified atom stereocenters. The van der Waals surface area contributed by atoms with Gasteiger partial charge >= 0.3 is 0 Å². The fourth-order valence-electron chi connectivity index (χ4n) is 2.44. The number of carbonyl (C=O) groups excluding carboxylic acids is 1. The summed E-state index contributed by atoms with van der Waals surface area (Å²) in [6, 6.07) is 15.4. The number of hydrogen-bond donors (Lipinski definition) is 2. The van der Waals surface area contributed by atoms with Crippen molar-refractivity contribution in [2.75, 3.05) is 6.26 Å². The maximum absolute atomic E-state index is 12.2. The van der Waals surface area contributed by atoms with E-state index in [1.54, 1.807) is 31.2 Å². The summed E-state index contributed by atoms with van der Waals surface area (Å²) in [6.45, 7) is 1.77. The molecule has 136 valence electrons. The van der Waals surface area contributed by atoms with Gasteiger partial charge in [-0.1, -0.05) is 42.5 Å². The Morgan fingerprint density at radius 3 is 2.24 bits per heavy atom. The number of amides is 1. The molecule has 2 aromatic carbocycles. The predicted molar refractivity (Wildman–Crippen MR) is 101 cm³/mol. The van der Waals surface area contributed by atoms with Gasteiger partial charge in [-0.05, 0) is 30.2 Å². The fourth-order valence-corrected chi connectivity index (χ4v) is 3.12. The molecule has 0 fully saturated rings. The summed E-state index contributed by atoms with van der Waals surface area (Å²) in [5.74, 6) is -0.177. The second kappa shape index (κ2) is 8.99. The lowest BCUT2D eigenvalue weighted by molar-refractivity contribution is -0.121. The minimum Gasteiger partial charge on any atom is -0.345 e. The van der Waals surface area contributed by atoms with Crippen molar-refractivity contribution in [3.63, 3.8) is 0 Å². The van der Waals surface area contributed by atoms with Crippen molar-refractivity contribution in [2.45, 2.75) is 30.3 Å². The lowest BCUT2D eigenvalue weighted by Crippen LogP contribution is -2.33. The average Bonchev–Trinajstić information content (AvgIpc) is 2.52. The Balaban J connectivity index is 0.00000312. The molecule has 0 saturated carbocycles. The van der Waals surface area contributed by atoms with Gasteiger partial charge in [0.2, 0.25) is 5.91 Å². The molecule has 2 atom stereocenters. The number of hydrogen-bond acceptors (Lipinski definition) is 4. The van der Waals surface area contributed by atoms with Crippen LogP contribution in [-0.2, 0) is 14.6 Å². The van der Waals surface area contributed by atoms with E-state index in [0.29, 0.717) is 5.56 Å². The van der Waals surface area contributed by atoms with Crippen molar-refractivity contribution < 1.29 is 13.2 Å². The number of benzene rings is 2. The molecule has 0 spiro atoms. The second-order valence-corrected chi connectivity index (χ2v) is 7.95. The molecule has 0 saturated heterocycles. The van der Waals surface area contributed by atoms with Crippen LogP contribution < -0.4 is 11.1 Å². The summed E-state index contributed by atoms with van der Waals surface area (Å²) in [7, 11) is -3.32. The summed E-state index contributed by atoms with van der Waals surface area (Å²) in [5.41, 5.74) is 7.27. The first-order chi connectivity index (χ1) is 11.3. The van der Waals surface area contributed by atoms with Crippen molar-refractivity contribution >= 4 is 28.2 Å². The fraction of sp³-hybridized carbons (Fsp3) is 0.278. The molecule has 1 amide bonds. The third kappa shape index (κ3) is 6.16. The number of halogens is 1. The van der Waals surface area contributed by atoms with E-state index in [4.69, 9.17) is 5.73 Å². The second-order valence-electron chi connectivity index (χ2n) is 5.94. The summed E-state index contributed by atoms with van der Waals surface area (Å²) in [6.07, 6.45) is 1.37. The largest absolute Gasteiger partial charge is 0.345 e. The Bertz CT molecular complexity index is 808. The van der Waals surface area contributed by atoms with Gasteiger partial charge in [-0.3, -0.25) is 4.79 Å². The topological polar surface area (TPSA) is 89.3 Å². The summed E-state index contributed by atoms with van der Waals surface area (Å²) in [5, 5.41) is 2.95. The van der Waals surface area contributed by atoms with Gasteiger partial charge in [0.05, 0.1) is 10.9 Å². The van der Waals surface area contributed by atoms with Crippen molar-refractivity contribution in [3.05, 3.63) is 65.7 Å². The average molecular weight is 383 g/mol. The Kier molecular flexibility index (Phi) is 7.60. The van der Waals surface area contributed by atoms with Gasteiger partial charge in [0.15, 0.2) is 9.84 Å². The van der Waals surface area contributed by atoms with E-state index >= 15 is 0 Å². The van der Waals surface area contributed by atoms with Crippen LogP contribution in [0.15, 0.2) is 59.5 Å². The quantitative estimate of drug-likeness (QED) is 0.803. The van der Waals surface area contributed by atoms with Crippen molar-refractivity contribution in [2.24, 2.45) is 5.73 Å². The normalized spacial score (nSPS) is 13.4. The Labute approximate surface area is 155 Å². The minimum absolute atomic E-state index is 0. The highest BCUT2D eigenvalue weighted by Gasteiger charge is 2.19. The van der Waals surface area contributed by atoms with Crippen molar-refractivity contribution in [1.82, 2.24) is 5.32 Å². The van der Waals surface area contributed by atoms with E-state index in [1.807, 2.05) is 30.3 Å². The SMILES string of the molecule is CC(N)CC(=O)NC(c1ccccc1)c1cccc(S(C)(=O)=O)c1.Cl. The molecule has 0 radical (unpaired) electrons. The zero-order valence-electron chi connectivity index (χ0n) is 14.2. The summed E-state index contributed by atoms with van der Waals surface area (Å²) in [4.78, 5) is 12.4. The van der Waals surface area contributed by atoms with Crippen LogP contribution in [0.3, 0.4) is 0 Å². The summed E-state index contributed by atoms with van der Waals surface area (Å²) >= 11 is 0. The van der Waals surface area contributed by atoms with Crippen LogP contribution in [0.5, 0.6) is 0 Å². The molecule has 0 aliphatic rings. The van der Waals surface area contributed by atoms with Gasteiger partial charge in [0, 0.05) is 18.7 Å². The highest BCUT2D eigenvalue weighted by atomic mass is 35.5. The standard InChI is InChI=1S/C18H22N2O3S.ClH/c1-13(19)11-17(21)20-18(14-7-4-3-5-8-14)15-9-6-10-16(12-15)24(2,22)23;/h3-10,12-13,18H,11,19H2,1-2H3,(H,20,21);1H. The Morgan fingerprint density at radius 1 is 1.08 bits per heavy atom. The number of rotatable bonds is 6. The van der Waals surface area contributed by atoms with E-state index in [-0.39, 0.29) is 35.7 Å². The number of nitrogens with two attached hydrogens (primary N) is 1. The molecular formula is C18H23ClN2O3S. The molecule has 0 heterocycles. The van der Waals surface area contributed by atoms with E-state index < -0.39 is 15.9 Å². The molecular weight excluding hydrogens is 360 g/mol. The predicted octanol–water partition coefficient (Wildman–Crippen LogP) is 2.45. The smallest absolute Gasteiger partial charge is 0.222 e. The molecule has 5 nitrogen and oxygen atoms in total. The molecule has 3 N–H and O–H groups in total. The third-order valence-corrected chi connectivity index (χ3v) is 4.68. The van der Waals surface area contributed by atoms with Crippen LogP contribution in [0.25, 0.3) is 0 Å². The third-order valence-electron chi connectivity index (χ3n) is 3.57. The highest BCUT2D eigenvalue weighted by Crippen LogP contribution is 2.24. The first-order valence-corrected chi connectivity index (χ1v) is 9.56. The van der Waals surface area contributed by atoms with Gasteiger partial charge in [-0.2, -0.15) is 0 Å². The first kappa shape index (κ1) is 21.2. The van der Waals surface area contributed by atoms with E-state index in [9.17, 15) is 13.2 Å². The van der Waals surface area contributed by atoms with Gasteiger partial charge in [0.25, 0.3) is 0 Å². The monoisotopic (exact) mass is 382 g/mol. The minimum atomic E-state index is -3.32. The lowest BCUT2D eigenvalue weighted by atomic mass is 9.98. The molecule has 0 aliphatic carbocycles. The molecule has 0 aliphatic heterocycles. The van der Waals surface area contributed by atoms with Crippen molar-refractivity contribution in [1.29, 1.82) is 0 Å². The van der Waals surface area contributed by atoms with Crippen LogP contribution in [0.1, 0.15) is 30.5 Å². The number of sulfone groups is 1. The van der Waals surface area contributed by atoms with Gasteiger partial charge in [0.1, 0.15) is 0 Å². The Hall–Kier alpha value is -1.89. The van der Waals surface area contributed by atoms with E-state index in [2.05, 4.69) is 5.32 Å². The first-order valence-electron chi connectivity index (χ1n) is 7.67. The zero-order valence-corrected chi connectivity index (χ0v) is 15.8. The maximum atomic E-state index is 12.2. The van der Waals surface area contributed by atoms with Crippen LogP contribution >= 0.6 is 12.4 Å². The van der Waals surface area contributed by atoms with Gasteiger partial charge in [-0.15, -0.1) is 12.4 Å². The molecule has 0 aromatic heterocycles. The molecule has 2 aromatic rings. The molecule has 25 heavy (non-hydrogen) atoms. The molecule has 2 rings (SSSR count). The zero-order chi connectivity index (χ0) is 17.7. The van der Waals surface area contributed by atoms with Crippen LogP contribution in [0.2, 0.25) is 0 Å². The number of nitrogens with one attached hydrogen (secondary N) is 1. The number of carbonyl (C=O) groups is 1. The lowest BCUT2D eigenvalue weighted by Gasteiger charge is -2.21. The maximum Gasteiger partial charge on any atom is 0.222 e. The highest BCUT2D eigenvalue weighted by molar-refractivity contribution is 7.90. The van der Waals surface area contributed by atoms with Crippen LogP contribution in [0.4, 0.5) is 0 Å². The molecule has 0 bridgehead atoms. The van der Waals surface area contributed by atoms with E-state index in [1.165, 1.54) is 6.26 Å². The molecule has 7 heteroatoms. The van der Waals surface area contributed by atoms with Gasteiger partial charge in [-0.25, -0.2) is 8.42 Å². The van der Waals surface area contributed by atoms with Crippen molar-refractivity contribution in [3.8, 4) is 0 Å². The Morgan fingerprint density at radius 2 is 1.68 bits per heavy atom. The summed E-state index contributed by atoms with van der Waals surface area (Å²) < 4.78 is 23.6. The van der Waals surface area contributed by atoms with E-state index in [0.717, 1.165) is 5.56 Å². The van der Waals surface area contributed by atoms with Crippen LogP contribution in [0, 0.1) is 0 Å². The van der Waals surface area contributed by atoms with Gasteiger partial charge < -0.3 is 11.1 Å². The van der Waals surface area contributed by atoms with Crippen LogP contribution in [-0.4, -0.2) is 26.6 Å².